The number of pyridine rings is 1. The van der Waals surface area contributed by atoms with Crippen LogP contribution in [0.2, 0.25) is 5.02 Å². The van der Waals surface area contributed by atoms with Gasteiger partial charge in [-0.15, -0.1) is 0 Å². The van der Waals surface area contributed by atoms with Gasteiger partial charge >= 0.3 is 0 Å². The minimum Gasteiger partial charge on any atom is -0.383 e. The van der Waals surface area contributed by atoms with E-state index >= 15 is 0 Å². The van der Waals surface area contributed by atoms with Crippen LogP contribution in [0.25, 0.3) is 0 Å². The monoisotopic (exact) mass is 354 g/mol. The van der Waals surface area contributed by atoms with Crippen molar-refractivity contribution in [2.24, 2.45) is 0 Å². The number of aromatic nitrogens is 1. The fourth-order valence-corrected chi connectivity index (χ4v) is 4.02. The Bertz CT molecular complexity index is 855. The summed E-state index contributed by atoms with van der Waals surface area (Å²) in [5.41, 5.74) is 10.9. The molecule has 0 aliphatic carbocycles. The lowest BCUT2D eigenvalue weighted by molar-refractivity contribution is 0.193. The van der Waals surface area contributed by atoms with Crippen LogP contribution in [0.1, 0.15) is 34.7 Å². The largest absolute Gasteiger partial charge is 0.383 e. The summed E-state index contributed by atoms with van der Waals surface area (Å²) in [6, 6.07) is 10.1. The summed E-state index contributed by atoms with van der Waals surface area (Å²) in [7, 11) is 0. The van der Waals surface area contributed by atoms with E-state index in [-0.39, 0.29) is 5.92 Å². The van der Waals surface area contributed by atoms with Crippen LogP contribution in [-0.2, 0) is 17.7 Å². The Morgan fingerprint density at radius 1 is 1.40 bits per heavy atom. The molecule has 25 heavy (non-hydrogen) atoms. The van der Waals surface area contributed by atoms with Crippen molar-refractivity contribution in [3.8, 4) is 6.07 Å². The predicted molar refractivity (Wildman–Crippen MR) is 97.7 cm³/mol. The number of anilines is 2. The summed E-state index contributed by atoms with van der Waals surface area (Å²) >= 11 is 6.15. The average Bonchev–Trinajstić information content (AvgIpc) is 3.14. The number of hydrogen-bond acceptors (Lipinski definition) is 5. The summed E-state index contributed by atoms with van der Waals surface area (Å²) in [6.45, 7) is 2.93. The Hall–Kier alpha value is -2.29. The second kappa shape index (κ2) is 6.55. The first-order chi connectivity index (χ1) is 12.2. The first-order valence-corrected chi connectivity index (χ1v) is 8.84. The number of nitrogens with two attached hydrogens (primary N) is 1. The zero-order valence-corrected chi connectivity index (χ0v) is 14.6. The van der Waals surface area contributed by atoms with E-state index in [4.69, 9.17) is 22.1 Å². The maximum atomic E-state index is 9.64. The fraction of sp³-hybridized carbons (Fsp3) is 0.368. The van der Waals surface area contributed by atoms with Crippen molar-refractivity contribution in [2.75, 3.05) is 30.4 Å². The van der Waals surface area contributed by atoms with Gasteiger partial charge in [-0.2, -0.15) is 5.26 Å². The van der Waals surface area contributed by atoms with Crippen LogP contribution >= 0.6 is 11.6 Å². The molecule has 1 aromatic heterocycles. The molecule has 2 N–H and O–H groups in total. The molecule has 0 amide bonds. The van der Waals surface area contributed by atoms with Crippen molar-refractivity contribution in [3.05, 3.63) is 51.7 Å². The van der Waals surface area contributed by atoms with Gasteiger partial charge in [0.2, 0.25) is 0 Å². The maximum absolute atomic E-state index is 9.64. The summed E-state index contributed by atoms with van der Waals surface area (Å²) in [5, 5.41) is 10.4. The SMILES string of the molecule is N#Cc1c(N)nc2c(c1C1CCOC1)CN(c1cccc(Cl)c1)CC2. The highest BCUT2D eigenvalue weighted by Gasteiger charge is 2.30. The van der Waals surface area contributed by atoms with Crippen molar-refractivity contribution in [2.45, 2.75) is 25.3 Å². The van der Waals surface area contributed by atoms with Gasteiger partial charge in [-0.1, -0.05) is 17.7 Å². The highest BCUT2D eigenvalue weighted by Crippen LogP contribution is 2.37. The predicted octanol–water partition coefficient (Wildman–Crippen LogP) is 3.26. The molecule has 3 heterocycles. The fourth-order valence-electron chi connectivity index (χ4n) is 3.83. The lowest BCUT2D eigenvalue weighted by Crippen LogP contribution is -2.33. The molecule has 4 rings (SSSR count). The number of halogens is 1. The first-order valence-electron chi connectivity index (χ1n) is 8.47. The number of nitriles is 1. The Labute approximate surface area is 152 Å². The van der Waals surface area contributed by atoms with Gasteiger partial charge in [0.1, 0.15) is 11.9 Å². The lowest BCUT2D eigenvalue weighted by atomic mass is 9.86. The van der Waals surface area contributed by atoms with Crippen molar-refractivity contribution < 1.29 is 4.74 Å². The molecular weight excluding hydrogens is 336 g/mol. The molecule has 6 heteroatoms. The van der Waals surface area contributed by atoms with E-state index in [1.165, 1.54) is 0 Å². The zero-order chi connectivity index (χ0) is 17.4. The molecule has 1 saturated heterocycles. The molecule has 128 valence electrons. The third-order valence-electron chi connectivity index (χ3n) is 5.04. The third-order valence-corrected chi connectivity index (χ3v) is 5.28. The molecule has 0 bridgehead atoms. The van der Waals surface area contributed by atoms with Crippen molar-refractivity contribution in [1.29, 1.82) is 5.26 Å². The van der Waals surface area contributed by atoms with Gasteiger partial charge in [-0.05, 0) is 35.7 Å². The normalized spacial score (nSPS) is 19.5. The maximum Gasteiger partial charge on any atom is 0.141 e. The standard InChI is InChI=1S/C19H19ClN4O/c20-13-2-1-3-14(8-13)24-6-4-17-16(10-24)18(12-5-7-25-11-12)15(9-21)19(22)23-17/h1-3,8,12H,4-7,10-11H2,(H2,22,23). The number of nitrogen functional groups attached to an aromatic ring is 1. The lowest BCUT2D eigenvalue weighted by Gasteiger charge is -2.33. The Morgan fingerprint density at radius 2 is 2.28 bits per heavy atom. The van der Waals surface area contributed by atoms with Crippen LogP contribution in [0.4, 0.5) is 11.5 Å². The van der Waals surface area contributed by atoms with Crippen molar-refractivity contribution >= 4 is 23.1 Å². The number of fused-ring (bicyclic) bond motifs is 1. The minimum absolute atomic E-state index is 0.216. The summed E-state index contributed by atoms with van der Waals surface area (Å²) < 4.78 is 5.57. The van der Waals surface area contributed by atoms with E-state index in [2.05, 4.69) is 22.0 Å². The van der Waals surface area contributed by atoms with Gasteiger partial charge in [0.15, 0.2) is 0 Å². The van der Waals surface area contributed by atoms with Gasteiger partial charge < -0.3 is 15.4 Å². The Balaban J connectivity index is 1.79. The number of hydrogen-bond donors (Lipinski definition) is 1. The van der Waals surface area contributed by atoms with Gasteiger partial charge in [0.05, 0.1) is 12.2 Å². The highest BCUT2D eigenvalue weighted by molar-refractivity contribution is 6.30. The van der Waals surface area contributed by atoms with E-state index in [0.717, 1.165) is 53.5 Å². The molecule has 1 atom stereocenters. The summed E-state index contributed by atoms with van der Waals surface area (Å²) in [6.07, 6.45) is 1.72. The Kier molecular flexibility index (Phi) is 4.24. The van der Waals surface area contributed by atoms with Crippen LogP contribution in [0.3, 0.4) is 0 Å². The number of nitrogens with zero attached hydrogens (tertiary/aromatic N) is 3. The molecule has 0 saturated carbocycles. The van der Waals surface area contributed by atoms with Gasteiger partial charge in [0.25, 0.3) is 0 Å². The highest BCUT2D eigenvalue weighted by atomic mass is 35.5. The third kappa shape index (κ3) is 2.92. The van der Waals surface area contributed by atoms with Gasteiger partial charge in [-0.3, -0.25) is 0 Å². The van der Waals surface area contributed by atoms with Crippen molar-refractivity contribution in [1.82, 2.24) is 4.98 Å². The summed E-state index contributed by atoms with van der Waals surface area (Å²) in [5.74, 6) is 0.562. The van der Waals surface area contributed by atoms with Crippen molar-refractivity contribution in [3.63, 3.8) is 0 Å². The van der Waals surface area contributed by atoms with E-state index in [0.29, 0.717) is 24.5 Å². The molecule has 1 fully saturated rings. The van der Waals surface area contributed by atoms with Crippen LogP contribution in [0.15, 0.2) is 24.3 Å². The first kappa shape index (κ1) is 16.2. The van der Waals surface area contributed by atoms with E-state index < -0.39 is 0 Å². The van der Waals surface area contributed by atoms with Crippen LogP contribution in [0.5, 0.6) is 0 Å². The smallest absolute Gasteiger partial charge is 0.141 e. The quantitative estimate of drug-likeness (QED) is 0.895. The Morgan fingerprint density at radius 3 is 3.00 bits per heavy atom. The van der Waals surface area contributed by atoms with E-state index in [9.17, 15) is 5.26 Å². The second-order valence-corrected chi connectivity index (χ2v) is 6.97. The van der Waals surface area contributed by atoms with Gasteiger partial charge in [-0.25, -0.2) is 4.98 Å². The number of rotatable bonds is 2. The zero-order valence-electron chi connectivity index (χ0n) is 13.8. The molecule has 2 aliphatic rings. The van der Waals surface area contributed by atoms with E-state index in [1.807, 2.05) is 18.2 Å². The molecule has 0 radical (unpaired) electrons. The molecular formula is C19H19ClN4O. The van der Waals surface area contributed by atoms with E-state index in [1.54, 1.807) is 0 Å². The summed E-state index contributed by atoms with van der Waals surface area (Å²) in [4.78, 5) is 6.81. The second-order valence-electron chi connectivity index (χ2n) is 6.53. The molecule has 1 unspecified atom stereocenters. The van der Waals surface area contributed by atoms with Crippen LogP contribution in [0, 0.1) is 11.3 Å². The average molecular weight is 355 g/mol. The number of ether oxygens (including phenoxy) is 1. The number of benzene rings is 1. The van der Waals surface area contributed by atoms with Crippen LogP contribution < -0.4 is 10.6 Å². The molecule has 1 aromatic carbocycles. The molecule has 2 aliphatic heterocycles. The van der Waals surface area contributed by atoms with Crippen LogP contribution in [-0.4, -0.2) is 24.7 Å². The molecule has 2 aromatic rings. The molecule has 5 nitrogen and oxygen atoms in total. The topological polar surface area (TPSA) is 75.2 Å². The molecule has 0 spiro atoms. The minimum atomic E-state index is 0.216. The van der Waals surface area contributed by atoms with Gasteiger partial charge in [0, 0.05) is 48.4 Å².